The zero-order valence-corrected chi connectivity index (χ0v) is 19.8. The summed E-state index contributed by atoms with van der Waals surface area (Å²) in [6.07, 6.45) is -0.360. The van der Waals surface area contributed by atoms with Gasteiger partial charge in [-0.05, 0) is 50.2 Å². The van der Waals surface area contributed by atoms with Gasteiger partial charge in [0.05, 0.1) is 26.8 Å². The van der Waals surface area contributed by atoms with E-state index in [1.807, 2.05) is 13.8 Å². The monoisotopic (exact) mass is 499 g/mol. The molecular weight excluding hydrogens is 481 g/mol. The van der Waals surface area contributed by atoms with Crippen LogP contribution in [0.4, 0.5) is 5.13 Å². The van der Waals surface area contributed by atoms with Crippen molar-refractivity contribution in [3.63, 3.8) is 0 Å². The summed E-state index contributed by atoms with van der Waals surface area (Å²) in [6.45, 7) is 4.27. The summed E-state index contributed by atoms with van der Waals surface area (Å²) in [5, 5.41) is 3.98. The fraction of sp³-hybridized carbons (Fsp3) is 0.300. The first-order valence-electron chi connectivity index (χ1n) is 9.46. The van der Waals surface area contributed by atoms with Gasteiger partial charge >= 0.3 is 0 Å². The van der Waals surface area contributed by atoms with Crippen LogP contribution in [0.1, 0.15) is 24.2 Å². The maximum atomic E-state index is 12.9. The Bertz CT molecular complexity index is 1240. The van der Waals surface area contributed by atoms with Crippen LogP contribution >= 0.6 is 34.5 Å². The number of ether oxygens (including phenoxy) is 1. The topological polar surface area (TPSA) is 88.6 Å². The van der Waals surface area contributed by atoms with Crippen molar-refractivity contribution in [1.82, 2.24) is 9.29 Å². The van der Waals surface area contributed by atoms with Crippen molar-refractivity contribution in [3.8, 4) is 0 Å². The number of carbonyl (C=O) groups is 1. The molecule has 0 saturated carbocycles. The maximum Gasteiger partial charge on any atom is 0.257 e. The molecule has 2 atom stereocenters. The van der Waals surface area contributed by atoms with Crippen molar-refractivity contribution < 1.29 is 17.9 Å². The quantitative estimate of drug-likeness (QED) is 0.563. The number of fused-ring (bicyclic) bond motifs is 1. The molecule has 4 rings (SSSR count). The Morgan fingerprint density at radius 3 is 2.45 bits per heavy atom. The maximum absolute atomic E-state index is 12.9. The van der Waals surface area contributed by atoms with E-state index in [4.69, 9.17) is 27.9 Å². The van der Waals surface area contributed by atoms with E-state index in [0.717, 1.165) is 4.70 Å². The van der Waals surface area contributed by atoms with Crippen LogP contribution in [-0.2, 0) is 14.8 Å². The molecule has 2 heterocycles. The van der Waals surface area contributed by atoms with Gasteiger partial charge in [-0.25, -0.2) is 13.4 Å². The molecule has 0 aliphatic carbocycles. The van der Waals surface area contributed by atoms with Crippen LogP contribution in [0.5, 0.6) is 0 Å². The molecule has 1 aliphatic rings. The number of sulfonamides is 1. The van der Waals surface area contributed by atoms with Crippen molar-refractivity contribution in [2.24, 2.45) is 0 Å². The van der Waals surface area contributed by atoms with E-state index in [-0.39, 0.29) is 17.1 Å². The Labute approximate surface area is 194 Å². The van der Waals surface area contributed by atoms with E-state index in [9.17, 15) is 13.2 Å². The summed E-state index contributed by atoms with van der Waals surface area (Å²) in [5.74, 6) is -0.404. The fourth-order valence-electron chi connectivity index (χ4n) is 3.43. The van der Waals surface area contributed by atoms with E-state index in [1.165, 1.54) is 39.9 Å². The Hall–Kier alpha value is -1.75. The molecule has 0 radical (unpaired) electrons. The predicted molar refractivity (Wildman–Crippen MR) is 123 cm³/mol. The minimum atomic E-state index is -3.67. The Morgan fingerprint density at radius 2 is 1.81 bits per heavy atom. The summed E-state index contributed by atoms with van der Waals surface area (Å²) >= 11 is 13.4. The molecule has 1 amide bonds. The second-order valence-electron chi connectivity index (χ2n) is 7.31. The number of nitrogens with zero attached hydrogens (tertiary/aromatic N) is 2. The second-order valence-corrected chi connectivity index (χ2v) is 11.1. The number of carbonyl (C=O) groups excluding carboxylic acids is 1. The third-order valence-electron chi connectivity index (χ3n) is 4.77. The van der Waals surface area contributed by atoms with Crippen LogP contribution in [0.3, 0.4) is 0 Å². The summed E-state index contributed by atoms with van der Waals surface area (Å²) in [4.78, 5) is 17.1. The van der Waals surface area contributed by atoms with Gasteiger partial charge in [-0.3, -0.25) is 10.1 Å². The number of anilines is 1. The zero-order valence-electron chi connectivity index (χ0n) is 16.6. The molecule has 1 saturated heterocycles. The first-order chi connectivity index (χ1) is 14.6. The number of morpholine rings is 1. The normalized spacial score (nSPS) is 20.1. The average molecular weight is 500 g/mol. The molecule has 11 heteroatoms. The first-order valence-corrected chi connectivity index (χ1v) is 12.5. The van der Waals surface area contributed by atoms with Crippen LogP contribution in [0.2, 0.25) is 10.0 Å². The standard InChI is InChI=1S/C20H19Cl2N3O4S2/c1-11-9-25(10-12(2)29-11)31(27,28)15-5-3-13(4-6-15)19(26)24-20-23-18-16(22)7-14(21)8-17(18)30-20/h3-8,11-12H,9-10H2,1-2H3,(H,23,24,26). The molecule has 164 valence electrons. The number of nitrogens with one attached hydrogen (secondary N) is 1. The van der Waals surface area contributed by atoms with Gasteiger partial charge in [-0.2, -0.15) is 4.31 Å². The SMILES string of the molecule is CC1CN(S(=O)(=O)c2ccc(C(=O)Nc3nc4c(Cl)cc(Cl)cc4s3)cc2)CC(C)O1. The largest absolute Gasteiger partial charge is 0.373 e. The number of amides is 1. The third-order valence-corrected chi connectivity index (χ3v) is 8.04. The third kappa shape index (κ3) is 4.72. The first kappa shape index (κ1) is 22.4. The zero-order chi connectivity index (χ0) is 22.3. The summed E-state index contributed by atoms with van der Waals surface area (Å²) in [6, 6.07) is 9.14. The van der Waals surface area contributed by atoms with Crippen LogP contribution in [0.15, 0.2) is 41.3 Å². The van der Waals surface area contributed by atoms with Crippen LogP contribution < -0.4 is 5.32 Å². The highest BCUT2D eigenvalue weighted by Gasteiger charge is 2.32. The van der Waals surface area contributed by atoms with Crippen molar-refractivity contribution in [3.05, 3.63) is 52.0 Å². The van der Waals surface area contributed by atoms with Crippen molar-refractivity contribution in [1.29, 1.82) is 0 Å². The number of aromatic nitrogens is 1. The smallest absolute Gasteiger partial charge is 0.257 e. The van der Waals surface area contributed by atoms with E-state index in [1.54, 1.807) is 12.1 Å². The van der Waals surface area contributed by atoms with Gasteiger partial charge in [0.25, 0.3) is 5.91 Å². The lowest BCUT2D eigenvalue weighted by Gasteiger charge is -2.34. The van der Waals surface area contributed by atoms with E-state index < -0.39 is 15.9 Å². The van der Waals surface area contributed by atoms with Gasteiger partial charge in [0, 0.05) is 23.7 Å². The fourth-order valence-corrected chi connectivity index (χ4v) is 6.61. The minimum absolute atomic E-state index is 0.131. The highest BCUT2D eigenvalue weighted by molar-refractivity contribution is 7.89. The van der Waals surface area contributed by atoms with Gasteiger partial charge in [-0.1, -0.05) is 34.5 Å². The molecule has 0 spiro atoms. The number of hydrogen-bond donors (Lipinski definition) is 1. The molecule has 0 bridgehead atoms. The van der Waals surface area contributed by atoms with E-state index in [2.05, 4.69) is 10.3 Å². The Balaban J connectivity index is 1.51. The second kappa shape index (κ2) is 8.65. The lowest BCUT2D eigenvalue weighted by molar-refractivity contribution is -0.0440. The predicted octanol–water partition coefficient (Wildman–Crippen LogP) is 4.65. The van der Waals surface area contributed by atoms with Gasteiger partial charge in [0.1, 0.15) is 5.52 Å². The number of thiazole rings is 1. The molecule has 3 aromatic rings. The average Bonchev–Trinajstić information content (AvgIpc) is 3.10. The number of hydrogen-bond acceptors (Lipinski definition) is 6. The molecule has 1 aliphatic heterocycles. The molecule has 1 aromatic heterocycles. The molecular formula is C20H19Cl2N3O4S2. The highest BCUT2D eigenvalue weighted by Crippen LogP contribution is 2.34. The molecule has 2 aromatic carbocycles. The lowest BCUT2D eigenvalue weighted by Crippen LogP contribution is -2.48. The van der Waals surface area contributed by atoms with E-state index >= 15 is 0 Å². The highest BCUT2D eigenvalue weighted by atomic mass is 35.5. The van der Waals surface area contributed by atoms with Crippen molar-refractivity contribution >= 4 is 65.8 Å². The minimum Gasteiger partial charge on any atom is -0.373 e. The molecule has 1 N–H and O–H groups in total. The Morgan fingerprint density at radius 1 is 1.16 bits per heavy atom. The van der Waals surface area contributed by atoms with Gasteiger partial charge in [0.2, 0.25) is 10.0 Å². The van der Waals surface area contributed by atoms with Crippen molar-refractivity contribution in [2.45, 2.75) is 31.0 Å². The van der Waals surface area contributed by atoms with Crippen LogP contribution in [-0.4, -0.2) is 48.9 Å². The number of halogens is 2. The van der Waals surface area contributed by atoms with Crippen LogP contribution in [0.25, 0.3) is 10.2 Å². The lowest BCUT2D eigenvalue weighted by atomic mass is 10.2. The molecule has 31 heavy (non-hydrogen) atoms. The van der Waals surface area contributed by atoms with Crippen LogP contribution in [0, 0.1) is 0 Å². The molecule has 7 nitrogen and oxygen atoms in total. The van der Waals surface area contributed by atoms with Gasteiger partial charge < -0.3 is 4.74 Å². The van der Waals surface area contributed by atoms with Gasteiger partial charge in [-0.15, -0.1) is 0 Å². The summed E-state index contributed by atoms with van der Waals surface area (Å²) in [5.41, 5.74) is 0.868. The molecule has 2 unspecified atom stereocenters. The summed E-state index contributed by atoms with van der Waals surface area (Å²) < 4.78 is 33.7. The van der Waals surface area contributed by atoms with Crippen molar-refractivity contribution in [2.75, 3.05) is 18.4 Å². The van der Waals surface area contributed by atoms with Gasteiger partial charge in [0.15, 0.2) is 5.13 Å². The Kier molecular flexibility index (Phi) is 6.26. The summed E-state index contributed by atoms with van der Waals surface area (Å²) in [7, 11) is -3.67. The molecule has 1 fully saturated rings. The number of benzene rings is 2. The number of rotatable bonds is 4. The van der Waals surface area contributed by atoms with E-state index in [0.29, 0.717) is 39.3 Å².